The number of halogens is 2. The molecule has 0 aromatic heterocycles. The molecule has 2 bridgehead atoms. The Balaban J connectivity index is 1.75. The first kappa shape index (κ1) is 11.6. The van der Waals surface area contributed by atoms with Crippen molar-refractivity contribution in [2.45, 2.75) is 44.2 Å². The number of rotatable bonds is 2. The number of carbonyl (C=O) groups excluding carboxylic acids is 1. The Labute approximate surface area is 105 Å². The minimum absolute atomic E-state index is 0.0227. The molecule has 96 valence electrons. The van der Waals surface area contributed by atoms with Gasteiger partial charge in [0.2, 0.25) is 5.91 Å². The fraction of sp³-hybridized carbons (Fsp3) is 0.500. The van der Waals surface area contributed by atoms with E-state index in [0.29, 0.717) is 12.1 Å². The summed E-state index contributed by atoms with van der Waals surface area (Å²) in [5, 5.41) is 0. The van der Waals surface area contributed by atoms with Crippen LogP contribution in [0.5, 0.6) is 0 Å². The molecule has 18 heavy (non-hydrogen) atoms. The highest BCUT2D eigenvalue weighted by molar-refractivity contribution is 5.80. The van der Waals surface area contributed by atoms with Gasteiger partial charge in [-0.25, -0.2) is 8.78 Å². The molecule has 3 rings (SSSR count). The van der Waals surface area contributed by atoms with Crippen molar-refractivity contribution < 1.29 is 13.6 Å². The second-order valence-corrected chi connectivity index (χ2v) is 5.18. The average Bonchev–Trinajstić information content (AvgIpc) is 2.92. The Morgan fingerprint density at radius 1 is 1.17 bits per heavy atom. The lowest BCUT2D eigenvalue weighted by atomic mass is 10.0. The predicted octanol–water partition coefficient (Wildman–Crippen LogP) is 2.66. The van der Waals surface area contributed by atoms with E-state index in [1.54, 1.807) is 0 Å². The van der Waals surface area contributed by atoms with Gasteiger partial charge in [0.15, 0.2) is 0 Å². The van der Waals surface area contributed by atoms with Gasteiger partial charge in [-0.05, 0) is 37.3 Å². The lowest BCUT2D eigenvalue weighted by Crippen LogP contribution is -2.36. The number of nitrogens with zero attached hydrogens (tertiary/aromatic N) is 1. The molecule has 2 heterocycles. The smallest absolute Gasteiger partial charge is 0.227 e. The molecule has 2 aliphatic heterocycles. The first-order chi connectivity index (χ1) is 8.65. The maximum Gasteiger partial charge on any atom is 0.227 e. The summed E-state index contributed by atoms with van der Waals surface area (Å²) < 4.78 is 26.3. The van der Waals surface area contributed by atoms with Gasteiger partial charge in [0.05, 0.1) is 6.42 Å². The minimum atomic E-state index is -0.630. The van der Waals surface area contributed by atoms with Gasteiger partial charge in [0.25, 0.3) is 0 Å². The highest BCUT2D eigenvalue weighted by Crippen LogP contribution is 2.37. The predicted molar refractivity (Wildman–Crippen MR) is 63.0 cm³/mol. The van der Waals surface area contributed by atoms with Crippen LogP contribution in [0.25, 0.3) is 0 Å². The number of amides is 1. The number of fused-ring (bicyclic) bond motifs is 2. The van der Waals surface area contributed by atoms with E-state index in [2.05, 4.69) is 0 Å². The summed E-state index contributed by atoms with van der Waals surface area (Å²) in [5.41, 5.74) is 0.285. The maximum atomic E-state index is 13.5. The summed E-state index contributed by atoms with van der Waals surface area (Å²) >= 11 is 0. The zero-order valence-electron chi connectivity index (χ0n) is 10.0. The van der Waals surface area contributed by atoms with Crippen molar-refractivity contribution in [3.63, 3.8) is 0 Å². The highest BCUT2D eigenvalue weighted by atomic mass is 19.1. The number of carbonyl (C=O) groups is 1. The van der Waals surface area contributed by atoms with Crippen molar-refractivity contribution >= 4 is 5.91 Å². The lowest BCUT2D eigenvalue weighted by Gasteiger charge is -2.22. The van der Waals surface area contributed by atoms with Crippen LogP contribution in [0.4, 0.5) is 8.78 Å². The average molecular weight is 251 g/mol. The molecule has 2 aliphatic rings. The molecule has 0 aliphatic carbocycles. The van der Waals surface area contributed by atoms with Crippen LogP contribution in [0.15, 0.2) is 18.2 Å². The molecule has 4 heteroatoms. The second-order valence-electron chi connectivity index (χ2n) is 5.18. The summed E-state index contributed by atoms with van der Waals surface area (Å²) in [7, 11) is 0. The van der Waals surface area contributed by atoms with Crippen molar-refractivity contribution in [2.75, 3.05) is 0 Å². The summed E-state index contributed by atoms with van der Waals surface area (Å²) in [5.74, 6) is -1.26. The first-order valence-corrected chi connectivity index (χ1v) is 6.40. The van der Waals surface area contributed by atoms with Crippen molar-refractivity contribution in [1.29, 1.82) is 0 Å². The molecule has 2 saturated heterocycles. The standard InChI is InChI=1S/C14H15F2NO/c15-10-2-1-9(13(16)8-10)7-14(18)17-11-3-4-12(17)6-5-11/h1-2,8,11-12H,3-7H2. The Morgan fingerprint density at radius 2 is 1.78 bits per heavy atom. The van der Waals surface area contributed by atoms with Crippen LogP contribution < -0.4 is 0 Å². The quantitative estimate of drug-likeness (QED) is 0.791. The van der Waals surface area contributed by atoms with Gasteiger partial charge in [0.1, 0.15) is 11.6 Å². The fourth-order valence-corrected chi connectivity index (χ4v) is 3.24. The van der Waals surface area contributed by atoms with Crippen molar-refractivity contribution in [2.24, 2.45) is 0 Å². The molecule has 2 nitrogen and oxygen atoms in total. The van der Waals surface area contributed by atoms with Crippen LogP contribution in [0.2, 0.25) is 0 Å². The zero-order chi connectivity index (χ0) is 12.7. The summed E-state index contributed by atoms with van der Waals surface area (Å²) in [6.07, 6.45) is 4.33. The number of hydrogen-bond acceptors (Lipinski definition) is 1. The third kappa shape index (κ3) is 1.89. The van der Waals surface area contributed by atoms with E-state index in [1.165, 1.54) is 12.1 Å². The molecule has 0 spiro atoms. The third-order valence-corrected chi connectivity index (χ3v) is 4.10. The topological polar surface area (TPSA) is 20.3 Å². The van der Waals surface area contributed by atoms with Crippen molar-refractivity contribution in [1.82, 2.24) is 4.90 Å². The van der Waals surface area contributed by atoms with E-state index in [-0.39, 0.29) is 17.9 Å². The number of benzene rings is 1. The van der Waals surface area contributed by atoms with E-state index < -0.39 is 11.6 Å². The Hall–Kier alpha value is -1.45. The minimum Gasteiger partial charge on any atom is -0.336 e. The van der Waals surface area contributed by atoms with Gasteiger partial charge in [-0.1, -0.05) is 6.07 Å². The van der Waals surface area contributed by atoms with Crippen LogP contribution in [0.1, 0.15) is 31.2 Å². The largest absolute Gasteiger partial charge is 0.336 e. The fourth-order valence-electron chi connectivity index (χ4n) is 3.24. The van der Waals surface area contributed by atoms with Crippen LogP contribution >= 0.6 is 0 Å². The molecule has 2 fully saturated rings. The van der Waals surface area contributed by atoms with Crippen molar-refractivity contribution in [3.05, 3.63) is 35.4 Å². The first-order valence-electron chi connectivity index (χ1n) is 6.40. The van der Waals surface area contributed by atoms with Gasteiger partial charge < -0.3 is 4.90 Å². The third-order valence-electron chi connectivity index (χ3n) is 4.10. The maximum absolute atomic E-state index is 13.5. The highest BCUT2D eigenvalue weighted by Gasteiger charge is 2.41. The van der Waals surface area contributed by atoms with Gasteiger partial charge in [-0.2, -0.15) is 0 Å². The molecule has 0 radical (unpaired) electrons. The van der Waals surface area contributed by atoms with Crippen LogP contribution in [0, 0.1) is 11.6 Å². The molecule has 1 aromatic rings. The monoisotopic (exact) mass is 251 g/mol. The summed E-state index contributed by atoms with van der Waals surface area (Å²) in [4.78, 5) is 14.1. The normalized spacial score (nSPS) is 25.8. The lowest BCUT2D eigenvalue weighted by molar-refractivity contribution is -0.131. The van der Waals surface area contributed by atoms with E-state index >= 15 is 0 Å². The van der Waals surface area contributed by atoms with E-state index in [0.717, 1.165) is 31.7 Å². The Bertz CT molecular complexity index is 469. The summed E-state index contributed by atoms with van der Waals surface area (Å²) in [6, 6.07) is 4.10. The van der Waals surface area contributed by atoms with E-state index in [1.807, 2.05) is 4.90 Å². The molecule has 0 saturated carbocycles. The van der Waals surface area contributed by atoms with Gasteiger partial charge in [-0.15, -0.1) is 0 Å². The zero-order valence-corrected chi connectivity index (χ0v) is 10.0. The SMILES string of the molecule is O=C(Cc1ccc(F)cc1F)N1C2CCC1CC2. The molecular weight excluding hydrogens is 236 g/mol. The summed E-state index contributed by atoms with van der Waals surface area (Å²) in [6.45, 7) is 0. The van der Waals surface area contributed by atoms with Gasteiger partial charge >= 0.3 is 0 Å². The molecule has 0 N–H and O–H groups in total. The Morgan fingerprint density at radius 3 is 2.33 bits per heavy atom. The van der Waals surface area contributed by atoms with Crippen molar-refractivity contribution in [3.8, 4) is 0 Å². The van der Waals surface area contributed by atoms with Crippen LogP contribution in [0.3, 0.4) is 0 Å². The second kappa shape index (κ2) is 4.34. The molecular formula is C14H15F2NO. The molecule has 1 amide bonds. The van der Waals surface area contributed by atoms with E-state index in [4.69, 9.17) is 0 Å². The number of hydrogen-bond donors (Lipinski definition) is 0. The van der Waals surface area contributed by atoms with Crippen LogP contribution in [-0.2, 0) is 11.2 Å². The van der Waals surface area contributed by atoms with Crippen LogP contribution in [-0.4, -0.2) is 22.9 Å². The molecule has 0 unspecified atom stereocenters. The Kier molecular flexibility index (Phi) is 2.80. The van der Waals surface area contributed by atoms with E-state index in [9.17, 15) is 13.6 Å². The van der Waals surface area contributed by atoms with Gasteiger partial charge in [0, 0.05) is 18.2 Å². The van der Waals surface area contributed by atoms with Gasteiger partial charge in [-0.3, -0.25) is 4.79 Å². The molecule has 0 atom stereocenters. The molecule has 1 aromatic carbocycles.